The van der Waals surface area contributed by atoms with Crippen LogP contribution in [0.25, 0.3) is 0 Å². The number of benzene rings is 3. The summed E-state index contributed by atoms with van der Waals surface area (Å²) in [6, 6.07) is 18.7. The van der Waals surface area contributed by atoms with Gasteiger partial charge in [-0.3, -0.25) is 9.10 Å². The Kier molecular flexibility index (Phi) is 6.79. The molecule has 3 aromatic carbocycles. The number of amides is 1. The van der Waals surface area contributed by atoms with Gasteiger partial charge in [-0.25, -0.2) is 12.8 Å². The summed E-state index contributed by atoms with van der Waals surface area (Å²) in [5.74, 6) is -1.01. The van der Waals surface area contributed by atoms with Gasteiger partial charge >= 0.3 is 0 Å². The van der Waals surface area contributed by atoms with Crippen LogP contribution in [0.15, 0.2) is 82.6 Å². The molecule has 0 fully saturated rings. The van der Waals surface area contributed by atoms with E-state index in [9.17, 15) is 17.6 Å². The molecule has 0 aliphatic carbocycles. The van der Waals surface area contributed by atoms with Crippen LogP contribution in [0.4, 0.5) is 15.8 Å². The van der Waals surface area contributed by atoms with Gasteiger partial charge in [-0.1, -0.05) is 12.1 Å². The average Bonchev–Trinajstić information content (AvgIpc) is 2.76. The van der Waals surface area contributed by atoms with Crippen molar-refractivity contribution in [2.75, 3.05) is 22.4 Å². The highest BCUT2D eigenvalue weighted by Crippen LogP contribution is 2.26. The number of nitrogens with one attached hydrogen (secondary N) is 1. The quantitative estimate of drug-likeness (QED) is 0.520. The number of rotatable bonds is 7. The van der Waals surface area contributed by atoms with Crippen LogP contribution in [0.3, 0.4) is 0 Å². The van der Waals surface area contributed by atoms with Gasteiger partial charge < -0.3 is 5.32 Å². The molecule has 0 aliphatic heterocycles. The minimum atomic E-state index is -3.74. The summed E-state index contributed by atoms with van der Waals surface area (Å²) in [4.78, 5) is 13.6. The second-order valence-corrected chi connectivity index (χ2v) is 9.07. The number of para-hydroxylation sites is 1. The van der Waals surface area contributed by atoms with Gasteiger partial charge in [-0.05, 0) is 73.8 Å². The number of hydrogen-bond acceptors (Lipinski definition) is 4. The Morgan fingerprint density at radius 3 is 2.20 bits per heavy atom. The lowest BCUT2D eigenvalue weighted by molar-refractivity contribution is 0.102. The standard InChI is InChI=1S/C22H21FN2O3S2/c1-3-25(30(27,28)19-14-12-18(29-2)13-15-19)17-10-8-16(9-11-17)22(26)24-21-7-5-4-6-20(21)23/h4-15H,3H2,1-2H3,(H,24,26). The number of hydrogen-bond donors (Lipinski definition) is 1. The average molecular weight is 445 g/mol. The minimum absolute atomic E-state index is 0.0815. The Labute approximate surface area is 180 Å². The first kappa shape index (κ1) is 21.9. The smallest absolute Gasteiger partial charge is 0.264 e. The van der Waals surface area contributed by atoms with Crippen molar-refractivity contribution >= 4 is 39.1 Å². The first-order valence-corrected chi connectivity index (χ1v) is 11.9. The Hall–Kier alpha value is -2.84. The van der Waals surface area contributed by atoms with Gasteiger partial charge in [0.25, 0.3) is 15.9 Å². The van der Waals surface area contributed by atoms with Gasteiger partial charge in [-0.15, -0.1) is 11.8 Å². The maximum Gasteiger partial charge on any atom is 0.264 e. The van der Waals surface area contributed by atoms with Crippen molar-refractivity contribution in [2.24, 2.45) is 0 Å². The molecule has 156 valence electrons. The van der Waals surface area contributed by atoms with Crippen LogP contribution in [0, 0.1) is 5.82 Å². The molecular weight excluding hydrogens is 423 g/mol. The summed E-state index contributed by atoms with van der Waals surface area (Å²) in [6.07, 6.45) is 1.92. The summed E-state index contributed by atoms with van der Waals surface area (Å²) < 4.78 is 41.1. The fourth-order valence-corrected chi connectivity index (χ4v) is 4.78. The van der Waals surface area contributed by atoms with Crippen LogP contribution in [0.1, 0.15) is 17.3 Å². The van der Waals surface area contributed by atoms with E-state index in [1.807, 2.05) is 6.26 Å². The van der Waals surface area contributed by atoms with Crippen LogP contribution in [0.2, 0.25) is 0 Å². The molecule has 1 amide bonds. The van der Waals surface area contributed by atoms with Crippen molar-refractivity contribution in [3.05, 3.63) is 84.2 Å². The van der Waals surface area contributed by atoms with E-state index in [2.05, 4.69) is 5.32 Å². The second kappa shape index (κ2) is 9.32. The van der Waals surface area contributed by atoms with Crippen molar-refractivity contribution < 1.29 is 17.6 Å². The van der Waals surface area contributed by atoms with E-state index in [0.29, 0.717) is 11.3 Å². The van der Waals surface area contributed by atoms with Gasteiger partial charge in [0.15, 0.2) is 0 Å². The normalized spacial score (nSPS) is 11.2. The van der Waals surface area contributed by atoms with Gasteiger partial charge in [0.2, 0.25) is 0 Å². The summed E-state index contributed by atoms with van der Waals surface area (Å²) in [5, 5.41) is 2.51. The lowest BCUT2D eigenvalue weighted by atomic mass is 10.2. The van der Waals surface area contributed by atoms with Crippen LogP contribution in [-0.2, 0) is 10.0 Å². The summed E-state index contributed by atoms with van der Waals surface area (Å²) in [5.41, 5.74) is 0.812. The van der Waals surface area contributed by atoms with Crippen LogP contribution < -0.4 is 9.62 Å². The molecule has 0 saturated carbocycles. The topological polar surface area (TPSA) is 66.5 Å². The van der Waals surface area contributed by atoms with E-state index in [1.54, 1.807) is 49.4 Å². The van der Waals surface area contributed by atoms with Crippen molar-refractivity contribution in [3.63, 3.8) is 0 Å². The molecule has 0 spiro atoms. The molecule has 0 bridgehead atoms. The second-order valence-electron chi connectivity index (χ2n) is 6.33. The third-order valence-corrected chi connectivity index (χ3v) is 7.13. The van der Waals surface area contributed by atoms with Crippen molar-refractivity contribution in [2.45, 2.75) is 16.7 Å². The lowest BCUT2D eigenvalue weighted by Crippen LogP contribution is -2.30. The molecule has 0 heterocycles. The Balaban J connectivity index is 1.82. The van der Waals surface area contributed by atoms with E-state index < -0.39 is 21.7 Å². The molecule has 8 heteroatoms. The van der Waals surface area contributed by atoms with Gasteiger partial charge in [0.1, 0.15) is 5.82 Å². The molecule has 0 radical (unpaired) electrons. The maximum absolute atomic E-state index is 13.7. The van der Waals surface area contributed by atoms with Crippen molar-refractivity contribution in [1.82, 2.24) is 0 Å². The maximum atomic E-state index is 13.7. The number of sulfonamides is 1. The SMILES string of the molecule is CCN(c1ccc(C(=O)Nc2ccccc2F)cc1)S(=O)(=O)c1ccc(SC)cc1. The zero-order chi connectivity index (χ0) is 21.7. The van der Waals surface area contributed by atoms with Crippen LogP contribution in [-0.4, -0.2) is 27.1 Å². The predicted octanol–water partition coefficient (Wildman–Crippen LogP) is 5.02. The highest BCUT2D eigenvalue weighted by molar-refractivity contribution is 7.98. The van der Waals surface area contributed by atoms with Crippen molar-refractivity contribution in [1.29, 1.82) is 0 Å². The number of carbonyl (C=O) groups excluding carboxylic acids is 1. The van der Waals surface area contributed by atoms with E-state index in [4.69, 9.17) is 0 Å². The molecule has 30 heavy (non-hydrogen) atoms. The fourth-order valence-electron chi connectivity index (χ4n) is 2.90. The van der Waals surface area contributed by atoms with Crippen LogP contribution >= 0.6 is 11.8 Å². The number of nitrogens with zero attached hydrogens (tertiary/aromatic N) is 1. The van der Waals surface area contributed by atoms with Crippen LogP contribution in [0.5, 0.6) is 0 Å². The molecule has 0 saturated heterocycles. The molecule has 5 nitrogen and oxygen atoms in total. The van der Waals surface area contributed by atoms with E-state index in [0.717, 1.165) is 4.90 Å². The van der Waals surface area contributed by atoms with Crippen molar-refractivity contribution in [3.8, 4) is 0 Å². The van der Waals surface area contributed by atoms with E-state index in [1.165, 1.54) is 46.4 Å². The summed E-state index contributed by atoms with van der Waals surface area (Å²) in [6.45, 7) is 1.97. The Bertz CT molecular complexity index is 1130. The molecule has 0 aliphatic rings. The fraction of sp³-hybridized carbons (Fsp3) is 0.136. The zero-order valence-electron chi connectivity index (χ0n) is 16.5. The minimum Gasteiger partial charge on any atom is -0.319 e. The molecular formula is C22H21FN2O3S2. The zero-order valence-corrected chi connectivity index (χ0v) is 18.1. The first-order chi connectivity index (χ1) is 14.4. The van der Waals surface area contributed by atoms with Gasteiger partial charge in [0, 0.05) is 17.0 Å². The first-order valence-electron chi connectivity index (χ1n) is 9.19. The number of halogens is 1. The summed E-state index contributed by atoms with van der Waals surface area (Å²) >= 11 is 1.53. The Morgan fingerprint density at radius 2 is 1.63 bits per heavy atom. The summed E-state index contributed by atoms with van der Waals surface area (Å²) in [7, 11) is -3.74. The van der Waals surface area contributed by atoms with Gasteiger partial charge in [0.05, 0.1) is 16.3 Å². The molecule has 0 atom stereocenters. The highest BCUT2D eigenvalue weighted by atomic mass is 32.2. The number of carbonyl (C=O) groups is 1. The highest BCUT2D eigenvalue weighted by Gasteiger charge is 2.23. The third-order valence-electron chi connectivity index (χ3n) is 4.47. The molecule has 3 rings (SSSR count). The number of anilines is 2. The van der Waals surface area contributed by atoms with E-state index in [-0.39, 0.29) is 17.1 Å². The third kappa shape index (κ3) is 4.66. The van der Waals surface area contributed by atoms with E-state index >= 15 is 0 Å². The monoisotopic (exact) mass is 444 g/mol. The number of thioether (sulfide) groups is 1. The predicted molar refractivity (Wildman–Crippen MR) is 119 cm³/mol. The molecule has 0 aromatic heterocycles. The molecule has 3 aromatic rings. The Morgan fingerprint density at radius 1 is 1.00 bits per heavy atom. The largest absolute Gasteiger partial charge is 0.319 e. The van der Waals surface area contributed by atoms with Gasteiger partial charge in [-0.2, -0.15) is 0 Å². The molecule has 0 unspecified atom stereocenters. The molecule has 1 N–H and O–H groups in total. The lowest BCUT2D eigenvalue weighted by Gasteiger charge is -2.23.